The van der Waals surface area contributed by atoms with Crippen LogP contribution in [0.4, 0.5) is 0 Å². The van der Waals surface area contributed by atoms with Crippen molar-refractivity contribution in [3.63, 3.8) is 0 Å². The van der Waals surface area contributed by atoms with E-state index in [2.05, 4.69) is 0 Å². The molecule has 1 N–H and O–H groups in total. The molecule has 6 heteroatoms. The number of aliphatic carboxylic acids is 1. The highest BCUT2D eigenvalue weighted by Gasteiger charge is 2.17. The fourth-order valence-electron chi connectivity index (χ4n) is 2.81. The number of thioether (sulfide) groups is 1. The van der Waals surface area contributed by atoms with E-state index in [4.69, 9.17) is 11.6 Å². The molecule has 0 saturated heterocycles. The van der Waals surface area contributed by atoms with Crippen LogP contribution in [0, 0.1) is 6.92 Å². The number of fused-ring (bicyclic) bond motifs is 2. The van der Waals surface area contributed by atoms with E-state index < -0.39 is 5.97 Å². The topological polar surface area (TPSA) is 59.3 Å². The summed E-state index contributed by atoms with van der Waals surface area (Å²) in [6.45, 7) is 1.68. The second-order valence-electron chi connectivity index (χ2n) is 5.31. The van der Waals surface area contributed by atoms with Gasteiger partial charge in [0.1, 0.15) is 6.54 Å². The maximum Gasteiger partial charge on any atom is 0.323 e. The van der Waals surface area contributed by atoms with Crippen molar-refractivity contribution in [2.75, 3.05) is 6.26 Å². The molecule has 0 radical (unpaired) electrons. The standard InChI is InChI=1S/C17H14ClNO3S/c1-9-3-4-10-13(7-9)19(8-14(20)21)15-11(16(10)22)5-6-12(18)17(15)23-2/h3-7H,8H2,1-2H3,(H,20,21). The third-order valence-corrected chi connectivity index (χ3v) is 5.03. The second-order valence-corrected chi connectivity index (χ2v) is 6.53. The zero-order chi connectivity index (χ0) is 16.7. The summed E-state index contributed by atoms with van der Waals surface area (Å²) < 4.78 is 1.67. The molecular weight excluding hydrogens is 334 g/mol. The number of carboxylic acids is 1. The third kappa shape index (κ3) is 2.60. The predicted octanol–water partition coefficient (Wildman–Crippen LogP) is 3.92. The van der Waals surface area contributed by atoms with Gasteiger partial charge in [0, 0.05) is 10.8 Å². The van der Waals surface area contributed by atoms with Gasteiger partial charge in [-0.05, 0) is 43.0 Å². The average molecular weight is 348 g/mol. The lowest BCUT2D eigenvalue weighted by molar-refractivity contribution is -0.137. The summed E-state index contributed by atoms with van der Waals surface area (Å²) in [7, 11) is 0. The molecule has 1 heterocycles. The molecule has 1 aromatic heterocycles. The van der Waals surface area contributed by atoms with Crippen molar-refractivity contribution >= 4 is 51.1 Å². The molecule has 0 aliphatic carbocycles. The van der Waals surface area contributed by atoms with Gasteiger partial charge in [-0.25, -0.2) is 0 Å². The number of aryl methyl sites for hydroxylation is 1. The minimum Gasteiger partial charge on any atom is -0.480 e. The van der Waals surface area contributed by atoms with Gasteiger partial charge >= 0.3 is 5.97 Å². The molecule has 3 rings (SSSR count). The molecule has 0 saturated carbocycles. The Morgan fingerprint density at radius 3 is 2.61 bits per heavy atom. The molecule has 3 aromatic rings. The molecule has 0 aliphatic heterocycles. The number of benzene rings is 2. The van der Waals surface area contributed by atoms with E-state index in [0.29, 0.717) is 31.7 Å². The lowest BCUT2D eigenvalue weighted by atomic mass is 10.1. The Morgan fingerprint density at radius 2 is 1.96 bits per heavy atom. The molecule has 0 unspecified atom stereocenters. The first-order valence-corrected chi connectivity index (χ1v) is 8.55. The van der Waals surface area contributed by atoms with Gasteiger partial charge in [0.2, 0.25) is 0 Å². The van der Waals surface area contributed by atoms with Crippen LogP contribution in [0.3, 0.4) is 0 Å². The van der Waals surface area contributed by atoms with Crippen LogP contribution in [-0.2, 0) is 11.3 Å². The van der Waals surface area contributed by atoms with Crippen molar-refractivity contribution < 1.29 is 9.90 Å². The Balaban J connectivity index is 2.64. The van der Waals surface area contributed by atoms with Gasteiger partial charge in [0.15, 0.2) is 5.43 Å². The molecule has 4 nitrogen and oxygen atoms in total. The second kappa shape index (κ2) is 5.91. The molecule has 0 fully saturated rings. The summed E-state index contributed by atoms with van der Waals surface area (Å²) in [5.74, 6) is -0.968. The normalized spacial score (nSPS) is 11.3. The van der Waals surface area contributed by atoms with E-state index in [1.807, 2.05) is 25.3 Å². The van der Waals surface area contributed by atoms with E-state index in [0.717, 1.165) is 5.56 Å². The lowest BCUT2D eigenvalue weighted by Gasteiger charge is -2.17. The lowest BCUT2D eigenvalue weighted by Crippen LogP contribution is -2.16. The van der Waals surface area contributed by atoms with Gasteiger partial charge in [0.05, 0.1) is 21.0 Å². The maximum atomic E-state index is 12.8. The van der Waals surface area contributed by atoms with Crippen molar-refractivity contribution in [3.05, 3.63) is 51.1 Å². The van der Waals surface area contributed by atoms with Crippen LogP contribution in [0.25, 0.3) is 21.8 Å². The third-order valence-electron chi connectivity index (χ3n) is 3.78. The smallest absolute Gasteiger partial charge is 0.323 e. The van der Waals surface area contributed by atoms with Crippen LogP contribution >= 0.6 is 23.4 Å². The molecule has 0 aliphatic rings. The number of pyridine rings is 1. The number of rotatable bonds is 3. The monoisotopic (exact) mass is 347 g/mol. The van der Waals surface area contributed by atoms with Crippen LogP contribution in [0.1, 0.15) is 5.56 Å². The number of hydrogen-bond donors (Lipinski definition) is 1. The van der Waals surface area contributed by atoms with Crippen molar-refractivity contribution in [1.29, 1.82) is 0 Å². The van der Waals surface area contributed by atoms with Gasteiger partial charge in [-0.15, -0.1) is 11.8 Å². The van der Waals surface area contributed by atoms with Crippen LogP contribution in [0.5, 0.6) is 0 Å². The predicted molar refractivity (Wildman–Crippen MR) is 94.9 cm³/mol. The number of aromatic nitrogens is 1. The summed E-state index contributed by atoms with van der Waals surface area (Å²) in [5, 5.41) is 10.8. The Kier molecular flexibility index (Phi) is 4.08. The van der Waals surface area contributed by atoms with E-state index in [1.165, 1.54) is 11.8 Å². The average Bonchev–Trinajstić information content (AvgIpc) is 2.50. The van der Waals surface area contributed by atoms with E-state index in [9.17, 15) is 14.7 Å². The highest BCUT2D eigenvalue weighted by atomic mass is 35.5. The van der Waals surface area contributed by atoms with Gasteiger partial charge in [0.25, 0.3) is 0 Å². The molecule has 0 spiro atoms. The highest BCUT2D eigenvalue weighted by Crippen LogP contribution is 2.34. The summed E-state index contributed by atoms with van der Waals surface area (Å²) in [5.41, 5.74) is 2.05. The maximum absolute atomic E-state index is 12.8. The zero-order valence-corrected chi connectivity index (χ0v) is 14.2. The Hall–Kier alpha value is -1.98. The van der Waals surface area contributed by atoms with Crippen molar-refractivity contribution in [3.8, 4) is 0 Å². The molecule has 0 bridgehead atoms. The SMILES string of the molecule is CSc1c(Cl)ccc2c(=O)c3ccc(C)cc3n(CC(=O)O)c12. The number of halogens is 1. The molecule has 0 amide bonds. The fourth-order valence-corrected chi connectivity index (χ4v) is 3.87. The first kappa shape index (κ1) is 15.9. The van der Waals surface area contributed by atoms with Gasteiger partial charge in [-0.1, -0.05) is 17.7 Å². The van der Waals surface area contributed by atoms with Crippen molar-refractivity contribution in [2.45, 2.75) is 18.4 Å². The van der Waals surface area contributed by atoms with E-state index >= 15 is 0 Å². The minimum atomic E-state index is -0.968. The zero-order valence-electron chi connectivity index (χ0n) is 12.6. The number of nitrogens with zero attached hydrogens (tertiary/aromatic N) is 1. The summed E-state index contributed by atoms with van der Waals surface area (Å²) >= 11 is 7.67. The summed E-state index contributed by atoms with van der Waals surface area (Å²) in [6, 6.07) is 8.79. The largest absolute Gasteiger partial charge is 0.480 e. The summed E-state index contributed by atoms with van der Waals surface area (Å²) in [6.07, 6.45) is 1.86. The Morgan fingerprint density at radius 1 is 1.26 bits per heavy atom. The van der Waals surface area contributed by atoms with Crippen LogP contribution in [0.2, 0.25) is 5.02 Å². The van der Waals surface area contributed by atoms with Gasteiger partial charge in [-0.2, -0.15) is 0 Å². The molecule has 118 valence electrons. The first-order chi connectivity index (χ1) is 10.9. The number of carboxylic acid groups (broad SMARTS) is 1. The molecule has 23 heavy (non-hydrogen) atoms. The van der Waals surface area contributed by atoms with Crippen LogP contribution < -0.4 is 5.43 Å². The van der Waals surface area contributed by atoms with Crippen LogP contribution in [-0.4, -0.2) is 21.9 Å². The van der Waals surface area contributed by atoms with Crippen molar-refractivity contribution in [2.24, 2.45) is 0 Å². The van der Waals surface area contributed by atoms with Gasteiger partial charge in [-0.3, -0.25) is 9.59 Å². The minimum absolute atomic E-state index is 0.108. The quantitative estimate of drug-likeness (QED) is 0.576. The Bertz CT molecular complexity index is 1010. The van der Waals surface area contributed by atoms with E-state index in [1.54, 1.807) is 22.8 Å². The van der Waals surface area contributed by atoms with Crippen molar-refractivity contribution in [1.82, 2.24) is 4.57 Å². The highest BCUT2D eigenvalue weighted by molar-refractivity contribution is 7.99. The molecular formula is C17H14ClNO3S. The number of carbonyl (C=O) groups is 1. The van der Waals surface area contributed by atoms with Crippen LogP contribution in [0.15, 0.2) is 40.0 Å². The first-order valence-electron chi connectivity index (χ1n) is 6.95. The number of hydrogen-bond acceptors (Lipinski definition) is 3. The Labute approximate surface area is 141 Å². The molecule has 0 atom stereocenters. The van der Waals surface area contributed by atoms with E-state index in [-0.39, 0.29) is 12.0 Å². The van der Waals surface area contributed by atoms with Gasteiger partial charge < -0.3 is 9.67 Å². The fraction of sp³-hybridized carbons (Fsp3) is 0.176. The molecule has 2 aromatic carbocycles. The summed E-state index contributed by atoms with van der Waals surface area (Å²) in [4.78, 5) is 24.9.